The van der Waals surface area contributed by atoms with Crippen molar-refractivity contribution in [3.63, 3.8) is 0 Å². The third kappa shape index (κ3) is 0.853. The van der Waals surface area contributed by atoms with E-state index in [9.17, 15) is 0 Å². The van der Waals surface area contributed by atoms with Gasteiger partial charge in [-0.2, -0.15) is 4.94 Å². The number of hydrogen-bond donors (Lipinski definition) is 1. The van der Waals surface area contributed by atoms with E-state index in [4.69, 9.17) is 4.94 Å². The largest absolute Gasteiger partial charge is 0.247 e. The Kier molecular flexibility index (Phi) is 1.28. The number of rotatable bonds is 0. The van der Waals surface area contributed by atoms with Gasteiger partial charge in [-0.15, -0.1) is 0 Å². The smallest absolute Gasteiger partial charge is 0.0905 e. The van der Waals surface area contributed by atoms with Crippen LogP contribution in [-0.2, 0) is 4.94 Å². The van der Waals surface area contributed by atoms with E-state index in [1.54, 1.807) is 11.3 Å². The molecular formula is C6H5BrN2O. The minimum absolute atomic E-state index is 0.995. The number of fused-ring (bicyclic) bond motifs is 1. The first kappa shape index (κ1) is 6.00. The monoisotopic (exact) mass is 200 g/mol. The number of hydroxylamine groups is 3. The van der Waals surface area contributed by atoms with Crippen LogP contribution in [0.2, 0.25) is 0 Å². The molecule has 0 aromatic rings. The summed E-state index contributed by atoms with van der Waals surface area (Å²) in [5, 5.41) is 1.64. The van der Waals surface area contributed by atoms with Gasteiger partial charge in [0.2, 0.25) is 0 Å². The highest BCUT2D eigenvalue weighted by Crippen LogP contribution is 2.22. The quantitative estimate of drug-likeness (QED) is 0.640. The molecule has 1 N–H and O–H groups in total. The van der Waals surface area contributed by atoms with E-state index in [0.29, 0.717) is 0 Å². The third-order valence-corrected chi connectivity index (χ3v) is 1.76. The fraction of sp³-hybridized carbons (Fsp3) is 0. The molecule has 0 fully saturated rings. The van der Waals surface area contributed by atoms with E-state index in [-0.39, 0.29) is 0 Å². The minimum Gasteiger partial charge on any atom is -0.247 e. The van der Waals surface area contributed by atoms with Gasteiger partial charge < -0.3 is 0 Å². The van der Waals surface area contributed by atoms with Crippen molar-refractivity contribution in [2.45, 2.75) is 0 Å². The van der Waals surface area contributed by atoms with Crippen LogP contribution in [0.25, 0.3) is 0 Å². The maximum absolute atomic E-state index is 4.94. The van der Waals surface area contributed by atoms with E-state index in [1.807, 2.05) is 18.4 Å². The van der Waals surface area contributed by atoms with Crippen molar-refractivity contribution in [2.24, 2.45) is 0 Å². The molecule has 0 radical (unpaired) electrons. The zero-order valence-electron chi connectivity index (χ0n) is 5.04. The Bertz CT molecular complexity index is 244. The van der Waals surface area contributed by atoms with Crippen LogP contribution in [0.1, 0.15) is 0 Å². The summed E-state index contributed by atoms with van der Waals surface area (Å²) in [7, 11) is 0. The highest BCUT2D eigenvalue weighted by atomic mass is 79.9. The van der Waals surface area contributed by atoms with Crippen molar-refractivity contribution in [2.75, 3.05) is 0 Å². The Hall–Kier alpha value is -0.740. The molecule has 0 amide bonds. The first-order chi connectivity index (χ1) is 4.86. The average molecular weight is 201 g/mol. The fourth-order valence-corrected chi connectivity index (χ4v) is 1.16. The van der Waals surface area contributed by atoms with Gasteiger partial charge in [-0.25, -0.2) is 10.5 Å². The molecule has 0 bridgehead atoms. The van der Waals surface area contributed by atoms with E-state index < -0.39 is 0 Å². The van der Waals surface area contributed by atoms with Crippen LogP contribution < -0.4 is 5.48 Å². The lowest BCUT2D eigenvalue weighted by Gasteiger charge is -2.14. The van der Waals surface area contributed by atoms with Gasteiger partial charge in [0.25, 0.3) is 0 Å². The summed E-state index contributed by atoms with van der Waals surface area (Å²) in [5.74, 6) is 0. The maximum Gasteiger partial charge on any atom is 0.0905 e. The van der Waals surface area contributed by atoms with Crippen molar-refractivity contribution in [1.29, 1.82) is 0 Å². The SMILES string of the molecule is BrC1=CC2=CNON2C=C1. The second-order valence-electron chi connectivity index (χ2n) is 1.95. The molecule has 0 aromatic carbocycles. The summed E-state index contributed by atoms with van der Waals surface area (Å²) in [6, 6.07) is 0. The third-order valence-electron chi connectivity index (χ3n) is 1.27. The maximum atomic E-state index is 4.94. The minimum atomic E-state index is 0.995. The number of nitrogens with zero attached hydrogens (tertiary/aromatic N) is 1. The molecule has 4 heteroatoms. The van der Waals surface area contributed by atoms with Gasteiger partial charge in [0.15, 0.2) is 0 Å². The Morgan fingerprint density at radius 1 is 1.60 bits per heavy atom. The van der Waals surface area contributed by atoms with E-state index in [2.05, 4.69) is 21.4 Å². The predicted octanol–water partition coefficient (Wildman–Crippen LogP) is 1.39. The van der Waals surface area contributed by atoms with Crippen LogP contribution in [0.4, 0.5) is 0 Å². The summed E-state index contributed by atoms with van der Waals surface area (Å²) < 4.78 is 1.04. The Labute approximate surface area is 66.7 Å². The molecule has 3 nitrogen and oxygen atoms in total. The second-order valence-corrected chi connectivity index (χ2v) is 2.86. The van der Waals surface area contributed by atoms with Crippen LogP contribution in [0.3, 0.4) is 0 Å². The summed E-state index contributed by atoms with van der Waals surface area (Å²) in [6.45, 7) is 0. The lowest BCUT2D eigenvalue weighted by Crippen LogP contribution is -2.15. The van der Waals surface area contributed by atoms with Crippen LogP contribution in [-0.4, -0.2) is 5.06 Å². The summed E-state index contributed by atoms with van der Waals surface area (Å²) in [6.07, 6.45) is 7.48. The van der Waals surface area contributed by atoms with Crippen LogP contribution in [0, 0.1) is 0 Å². The molecule has 0 saturated heterocycles. The van der Waals surface area contributed by atoms with Crippen LogP contribution >= 0.6 is 15.9 Å². The van der Waals surface area contributed by atoms with Crippen LogP contribution in [0.5, 0.6) is 0 Å². The number of halogens is 1. The molecule has 2 aliphatic heterocycles. The van der Waals surface area contributed by atoms with Crippen molar-refractivity contribution in [3.8, 4) is 0 Å². The van der Waals surface area contributed by atoms with Gasteiger partial charge in [-0.1, -0.05) is 15.9 Å². The summed E-state index contributed by atoms with van der Waals surface area (Å²) >= 11 is 3.35. The van der Waals surface area contributed by atoms with Gasteiger partial charge in [0.1, 0.15) is 0 Å². The van der Waals surface area contributed by atoms with E-state index in [0.717, 1.165) is 10.2 Å². The molecule has 2 rings (SSSR count). The summed E-state index contributed by atoms with van der Waals surface area (Å²) in [4.78, 5) is 4.94. The molecule has 0 saturated carbocycles. The predicted molar refractivity (Wildman–Crippen MR) is 40.3 cm³/mol. The van der Waals surface area contributed by atoms with Crippen molar-refractivity contribution >= 4 is 15.9 Å². The van der Waals surface area contributed by atoms with Crippen molar-refractivity contribution in [3.05, 3.63) is 34.7 Å². The molecule has 2 heterocycles. The van der Waals surface area contributed by atoms with Gasteiger partial charge in [0, 0.05) is 10.7 Å². The Balaban J connectivity index is 2.34. The van der Waals surface area contributed by atoms with E-state index >= 15 is 0 Å². The molecule has 0 aliphatic carbocycles. The zero-order chi connectivity index (χ0) is 6.97. The molecule has 0 unspecified atom stereocenters. The summed E-state index contributed by atoms with van der Waals surface area (Å²) in [5.41, 5.74) is 3.63. The average Bonchev–Trinajstić information content (AvgIpc) is 2.33. The van der Waals surface area contributed by atoms with Gasteiger partial charge >= 0.3 is 0 Å². The van der Waals surface area contributed by atoms with Gasteiger partial charge in [0.05, 0.1) is 11.9 Å². The van der Waals surface area contributed by atoms with Gasteiger partial charge in [-0.3, -0.25) is 0 Å². The first-order valence-corrected chi connectivity index (χ1v) is 3.63. The highest BCUT2D eigenvalue weighted by molar-refractivity contribution is 9.11. The molecule has 0 aromatic heterocycles. The topological polar surface area (TPSA) is 24.5 Å². The first-order valence-electron chi connectivity index (χ1n) is 2.83. The molecular weight excluding hydrogens is 196 g/mol. The van der Waals surface area contributed by atoms with E-state index in [1.165, 1.54) is 0 Å². The molecule has 52 valence electrons. The zero-order valence-corrected chi connectivity index (χ0v) is 6.63. The van der Waals surface area contributed by atoms with Crippen molar-refractivity contribution in [1.82, 2.24) is 10.5 Å². The lowest BCUT2D eigenvalue weighted by molar-refractivity contribution is -0.112. The fourth-order valence-electron chi connectivity index (χ4n) is 0.810. The Morgan fingerprint density at radius 2 is 2.50 bits per heavy atom. The number of allylic oxidation sites excluding steroid dienone is 3. The number of hydrogen-bond acceptors (Lipinski definition) is 3. The normalized spacial score (nSPS) is 21.5. The molecule has 10 heavy (non-hydrogen) atoms. The van der Waals surface area contributed by atoms with Crippen molar-refractivity contribution < 1.29 is 4.94 Å². The standard InChI is InChI=1S/C6H5BrN2O/c7-5-1-2-9-6(3-5)4-8-10-9/h1-4,8H. The van der Waals surface area contributed by atoms with Gasteiger partial charge in [-0.05, 0) is 12.2 Å². The Morgan fingerprint density at radius 3 is 3.40 bits per heavy atom. The number of nitrogens with one attached hydrogen (secondary N) is 1. The highest BCUT2D eigenvalue weighted by Gasteiger charge is 2.14. The lowest BCUT2D eigenvalue weighted by atomic mass is 10.3. The molecule has 0 spiro atoms. The van der Waals surface area contributed by atoms with Crippen LogP contribution in [0.15, 0.2) is 34.7 Å². The molecule has 0 atom stereocenters. The molecule has 2 aliphatic rings. The second kappa shape index (κ2) is 2.14.